The maximum Gasteiger partial charge on any atom is 0.196 e. The lowest BCUT2D eigenvalue weighted by atomic mass is 10.3. The molecule has 0 unspecified atom stereocenters. The van der Waals surface area contributed by atoms with Crippen LogP contribution in [-0.2, 0) is 6.42 Å². The van der Waals surface area contributed by atoms with Gasteiger partial charge in [0.1, 0.15) is 17.0 Å². The summed E-state index contributed by atoms with van der Waals surface area (Å²) in [7, 11) is 1.87. The Morgan fingerprint density at radius 3 is 2.83 bits per heavy atom. The Labute approximate surface area is 182 Å². The first-order valence-corrected chi connectivity index (χ1v) is 10.9. The first-order valence-electron chi connectivity index (χ1n) is 9.71. The third-order valence-corrected chi connectivity index (χ3v) is 6.00. The van der Waals surface area contributed by atoms with Crippen molar-refractivity contribution >= 4 is 51.4 Å². The molecular formula is C19H23ClN8OS. The van der Waals surface area contributed by atoms with Crippen LogP contribution >= 0.6 is 23.4 Å². The van der Waals surface area contributed by atoms with Crippen molar-refractivity contribution in [2.24, 2.45) is 0 Å². The zero-order valence-electron chi connectivity index (χ0n) is 17.2. The molecule has 0 aromatic carbocycles. The van der Waals surface area contributed by atoms with E-state index in [9.17, 15) is 5.11 Å². The molecule has 0 saturated heterocycles. The number of aryl methyl sites for hydroxylation is 1. The van der Waals surface area contributed by atoms with Crippen LogP contribution < -0.4 is 4.90 Å². The third-order valence-electron chi connectivity index (χ3n) is 4.76. The summed E-state index contributed by atoms with van der Waals surface area (Å²) >= 11 is 7.97. The Bertz CT molecular complexity index is 1200. The number of halogens is 1. The molecule has 4 aromatic rings. The van der Waals surface area contributed by atoms with Gasteiger partial charge in [0.25, 0.3) is 0 Å². The van der Waals surface area contributed by atoms with Crippen molar-refractivity contribution in [3.8, 4) is 0 Å². The maximum absolute atomic E-state index is 9.38. The highest BCUT2D eigenvalue weighted by Gasteiger charge is 2.20. The molecule has 0 spiro atoms. The highest BCUT2D eigenvalue weighted by atomic mass is 35.5. The van der Waals surface area contributed by atoms with Gasteiger partial charge in [-0.1, -0.05) is 23.7 Å². The number of aromatic amines is 1. The number of nitrogens with one attached hydrogen (secondary N) is 1. The quantitative estimate of drug-likeness (QED) is 0.415. The highest BCUT2D eigenvalue weighted by Crippen LogP contribution is 2.36. The van der Waals surface area contributed by atoms with Gasteiger partial charge in [-0.3, -0.25) is 0 Å². The fraction of sp³-hybridized carbons (Fsp3) is 0.421. The van der Waals surface area contributed by atoms with Crippen LogP contribution in [0.4, 0.5) is 5.82 Å². The molecule has 0 radical (unpaired) electrons. The maximum atomic E-state index is 9.38. The Balaban J connectivity index is 1.76. The van der Waals surface area contributed by atoms with E-state index < -0.39 is 0 Å². The molecule has 4 aromatic heterocycles. The molecule has 2 N–H and O–H groups in total. The van der Waals surface area contributed by atoms with E-state index in [-0.39, 0.29) is 12.6 Å². The van der Waals surface area contributed by atoms with Gasteiger partial charge in [0.05, 0.1) is 23.1 Å². The molecule has 0 aliphatic heterocycles. The molecule has 0 fully saturated rings. The van der Waals surface area contributed by atoms with Crippen molar-refractivity contribution in [3.63, 3.8) is 0 Å². The second kappa shape index (κ2) is 8.37. The summed E-state index contributed by atoms with van der Waals surface area (Å²) < 4.78 is 1.79. The molecule has 0 atom stereocenters. The molecule has 0 bridgehead atoms. The van der Waals surface area contributed by atoms with Crippen molar-refractivity contribution in [1.29, 1.82) is 0 Å². The molecule has 4 heterocycles. The van der Waals surface area contributed by atoms with Gasteiger partial charge >= 0.3 is 0 Å². The smallest absolute Gasteiger partial charge is 0.196 e. The van der Waals surface area contributed by atoms with Crippen LogP contribution in [0.15, 0.2) is 22.3 Å². The number of fused-ring (bicyclic) bond motifs is 2. The monoisotopic (exact) mass is 446 g/mol. The van der Waals surface area contributed by atoms with E-state index in [2.05, 4.69) is 25.3 Å². The standard InChI is InChI=1S/C19H23ClN8OS/c1-5-12-15(20)14-16(22-12)23-19(24-18(14)27(4)6-7-29)30-11-8-13-17(21-9-11)28(10(2)3)26-25-13/h8-10,29H,5-7H2,1-4H3,(H,22,23,24). The molecule has 0 saturated carbocycles. The second-order valence-corrected chi connectivity index (χ2v) is 8.63. The van der Waals surface area contributed by atoms with E-state index >= 15 is 0 Å². The summed E-state index contributed by atoms with van der Waals surface area (Å²) in [6, 6.07) is 2.12. The van der Waals surface area contributed by atoms with Gasteiger partial charge in [0.15, 0.2) is 10.8 Å². The highest BCUT2D eigenvalue weighted by molar-refractivity contribution is 7.99. The number of pyridine rings is 1. The first kappa shape index (κ1) is 20.8. The van der Waals surface area contributed by atoms with Crippen molar-refractivity contribution in [2.75, 3.05) is 25.1 Å². The van der Waals surface area contributed by atoms with Crippen LogP contribution in [0.25, 0.3) is 22.2 Å². The number of hydrogen-bond donors (Lipinski definition) is 2. The number of H-pyrrole nitrogens is 1. The molecule has 0 aliphatic carbocycles. The summed E-state index contributed by atoms with van der Waals surface area (Å²) in [6.45, 7) is 6.56. The van der Waals surface area contributed by atoms with Gasteiger partial charge in [-0.15, -0.1) is 5.10 Å². The van der Waals surface area contributed by atoms with Crippen molar-refractivity contribution in [1.82, 2.24) is 34.9 Å². The van der Waals surface area contributed by atoms with Crippen LogP contribution in [0.1, 0.15) is 32.5 Å². The van der Waals surface area contributed by atoms with Crippen LogP contribution in [0.3, 0.4) is 0 Å². The van der Waals surface area contributed by atoms with Crippen LogP contribution in [0.2, 0.25) is 5.02 Å². The Kier molecular flexibility index (Phi) is 5.81. The Morgan fingerprint density at radius 2 is 2.13 bits per heavy atom. The van der Waals surface area contributed by atoms with E-state index in [1.165, 1.54) is 11.8 Å². The van der Waals surface area contributed by atoms with E-state index in [1.54, 1.807) is 10.9 Å². The van der Waals surface area contributed by atoms with Crippen LogP contribution in [0.5, 0.6) is 0 Å². The molecule has 0 amide bonds. The van der Waals surface area contributed by atoms with Gasteiger partial charge < -0.3 is 15.0 Å². The van der Waals surface area contributed by atoms with Gasteiger partial charge in [-0.25, -0.2) is 19.6 Å². The largest absolute Gasteiger partial charge is 0.395 e. The number of aromatic nitrogens is 7. The van der Waals surface area contributed by atoms with E-state index in [0.29, 0.717) is 28.2 Å². The zero-order valence-corrected chi connectivity index (χ0v) is 18.8. The number of aliphatic hydroxyl groups excluding tert-OH is 1. The average molecular weight is 447 g/mol. The molecule has 158 valence electrons. The van der Waals surface area contributed by atoms with E-state index in [0.717, 1.165) is 33.6 Å². The number of hydrogen-bond acceptors (Lipinski definition) is 8. The molecular weight excluding hydrogens is 424 g/mol. The SMILES string of the molecule is CCc1[nH]c2nc(Sc3cnc4c(c3)nnn4C(C)C)nc(N(C)CCO)c2c1Cl. The molecule has 4 rings (SSSR count). The fourth-order valence-corrected chi connectivity index (χ4v) is 4.33. The fourth-order valence-electron chi connectivity index (χ4n) is 3.22. The van der Waals surface area contributed by atoms with Crippen molar-refractivity contribution in [3.05, 3.63) is 23.0 Å². The number of aliphatic hydroxyl groups is 1. The minimum Gasteiger partial charge on any atom is -0.395 e. The lowest BCUT2D eigenvalue weighted by molar-refractivity contribution is 0.304. The van der Waals surface area contributed by atoms with E-state index in [1.807, 2.05) is 38.8 Å². The molecule has 30 heavy (non-hydrogen) atoms. The van der Waals surface area contributed by atoms with E-state index in [4.69, 9.17) is 16.6 Å². The van der Waals surface area contributed by atoms with Gasteiger partial charge in [0, 0.05) is 30.4 Å². The number of rotatable bonds is 7. The summed E-state index contributed by atoms with van der Waals surface area (Å²) in [5.41, 5.74) is 3.06. The van der Waals surface area contributed by atoms with Gasteiger partial charge in [-0.05, 0) is 38.1 Å². The number of anilines is 1. The molecule has 9 nitrogen and oxygen atoms in total. The zero-order chi connectivity index (χ0) is 21.4. The Morgan fingerprint density at radius 1 is 1.33 bits per heavy atom. The number of likely N-dealkylation sites (N-methyl/N-ethyl adjacent to an activating group) is 1. The predicted octanol–water partition coefficient (Wildman–Crippen LogP) is 3.47. The predicted molar refractivity (Wildman–Crippen MR) is 118 cm³/mol. The van der Waals surface area contributed by atoms with Crippen LogP contribution in [-0.4, -0.2) is 60.2 Å². The van der Waals surface area contributed by atoms with Crippen LogP contribution in [0, 0.1) is 0 Å². The van der Waals surface area contributed by atoms with Crippen molar-refractivity contribution < 1.29 is 5.11 Å². The third kappa shape index (κ3) is 3.70. The Hall–Kier alpha value is -2.43. The number of nitrogens with zero attached hydrogens (tertiary/aromatic N) is 7. The first-order chi connectivity index (χ1) is 14.4. The summed E-state index contributed by atoms with van der Waals surface area (Å²) in [5.74, 6) is 0.678. The minimum absolute atomic E-state index is 0.0131. The van der Waals surface area contributed by atoms with Gasteiger partial charge in [-0.2, -0.15) is 0 Å². The van der Waals surface area contributed by atoms with Crippen molar-refractivity contribution in [2.45, 2.75) is 43.3 Å². The minimum atomic E-state index is 0.0131. The molecule has 11 heteroatoms. The lowest BCUT2D eigenvalue weighted by Gasteiger charge is -2.18. The second-order valence-electron chi connectivity index (χ2n) is 7.21. The molecule has 0 aliphatic rings. The average Bonchev–Trinajstić information content (AvgIpc) is 3.28. The summed E-state index contributed by atoms with van der Waals surface area (Å²) in [4.78, 5) is 20.0. The topological polar surface area (TPSA) is 109 Å². The normalized spacial score (nSPS) is 11.8. The lowest BCUT2D eigenvalue weighted by Crippen LogP contribution is -2.22. The summed E-state index contributed by atoms with van der Waals surface area (Å²) in [6.07, 6.45) is 2.53. The van der Waals surface area contributed by atoms with Gasteiger partial charge in [0.2, 0.25) is 0 Å². The summed E-state index contributed by atoms with van der Waals surface area (Å²) in [5, 5.41) is 19.7.